The number of hydrogen-bond acceptors (Lipinski definition) is 3. The molecule has 1 heterocycles. The normalized spacial score (nSPS) is 26.3. The topological polar surface area (TPSA) is 61.2 Å². The summed E-state index contributed by atoms with van der Waals surface area (Å²) in [5.74, 6) is -0.471. The quantitative estimate of drug-likeness (QED) is 0.704. The molecule has 90 valence electrons. The van der Waals surface area contributed by atoms with E-state index in [1.54, 1.807) is 24.3 Å². The fourth-order valence-electron chi connectivity index (χ4n) is 2.96. The van der Waals surface area contributed by atoms with Crippen LogP contribution in [0.15, 0.2) is 24.3 Å². The molecule has 1 aliphatic carbocycles. The highest BCUT2D eigenvalue weighted by atomic mass is 16.2. The third kappa shape index (κ3) is 1.44. The number of fused-ring (bicyclic) bond motifs is 1. The maximum atomic E-state index is 12.2. The van der Waals surface area contributed by atoms with Crippen molar-refractivity contribution in [2.24, 2.45) is 11.8 Å². The zero-order chi connectivity index (χ0) is 12.7. The summed E-state index contributed by atoms with van der Waals surface area (Å²) < 4.78 is 0. The van der Waals surface area contributed by atoms with Gasteiger partial charge in [0.1, 0.15) is 0 Å². The molecule has 0 spiro atoms. The van der Waals surface area contributed by atoms with E-state index in [1.807, 2.05) is 6.07 Å². The van der Waals surface area contributed by atoms with E-state index in [-0.39, 0.29) is 23.7 Å². The Morgan fingerprint density at radius 3 is 2.44 bits per heavy atom. The monoisotopic (exact) mass is 240 g/mol. The molecule has 4 heteroatoms. The smallest absolute Gasteiger partial charge is 0.237 e. The minimum Gasteiger partial charge on any atom is -0.274 e. The van der Waals surface area contributed by atoms with Crippen LogP contribution in [-0.2, 0) is 9.59 Å². The molecule has 0 bridgehead atoms. The molecule has 18 heavy (non-hydrogen) atoms. The molecule has 0 N–H and O–H groups in total. The number of amides is 2. The summed E-state index contributed by atoms with van der Waals surface area (Å²) in [7, 11) is 0. The number of carbonyl (C=O) groups is 2. The molecular weight excluding hydrogens is 228 g/mol. The Morgan fingerprint density at radius 2 is 1.83 bits per heavy atom. The molecule has 2 amide bonds. The van der Waals surface area contributed by atoms with Crippen LogP contribution in [-0.4, -0.2) is 11.8 Å². The number of nitrogens with zero attached hydrogens (tertiary/aromatic N) is 2. The molecular formula is C14H12N2O2. The number of hydrogen-bond donors (Lipinski definition) is 0. The zero-order valence-electron chi connectivity index (χ0n) is 9.80. The summed E-state index contributed by atoms with van der Waals surface area (Å²) in [5, 5.41) is 8.86. The third-order valence-electron chi connectivity index (χ3n) is 3.82. The van der Waals surface area contributed by atoms with E-state index in [9.17, 15) is 9.59 Å². The first kappa shape index (κ1) is 11.0. The fourth-order valence-corrected chi connectivity index (χ4v) is 2.96. The second-order valence-electron chi connectivity index (χ2n) is 4.82. The molecule has 4 nitrogen and oxygen atoms in total. The van der Waals surface area contributed by atoms with Gasteiger partial charge in [-0.05, 0) is 31.0 Å². The zero-order valence-corrected chi connectivity index (χ0v) is 9.80. The first-order valence-corrected chi connectivity index (χ1v) is 6.10. The standard InChI is InChI=1S/C14H12N2O2/c15-8-9-3-1-4-10(7-9)16-13(17)11-5-2-6-12(11)14(16)18/h1,3-4,7,11-12H,2,5-6H2. The molecule has 1 aromatic rings. The van der Waals surface area contributed by atoms with Gasteiger partial charge >= 0.3 is 0 Å². The predicted molar refractivity (Wildman–Crippen MR) is 64.5 cm³/mol. The minimum absolute atomic E-state index is 0.0995. The molecule has 2 atom stereocenters. The van der Waals surface area contributed by atoms with Gasteiger partial charge in [0, 0.05) is 0 Å². The van der Waals surface area contributed by atoms with Crippen molar-refractivity contribution in [3.63, 3.8) is 0 Å². The lowest BCUT2D eigenvalue weighted by Crippen LogP contribution is -2.31. The summed E-state index contributed by atoms with van der Waals surface area (Å²) >= 11 is 0. The molecule has 0 aromatic heterocycles. The number of benzene rings is 1. The molecule has 2 fully saturated rings. The van der Waals surface area contributed by atoms with Gasteiger partial charge in [-0.15, -0.1) is 0 Å². The average molecular weight is 240 g/mol. The van der Waals surface area contributed by atoms with Gasteiger partial charge in [0.2, 0.25) is 11.8 Å². The SMILES string of the molecule is N#Cc1cccc(N2C(=O)C3CCCC3C2=O)c1. The van der Waals surface area contributed by atoms with Gasteiger partial charge in [0.15, 0.2) is 0 Å². The van der Waals surface area contributed by atoms with Crippen LogP contribution >= 0.6 is 0 Å². The Bertz CT molecular complexity index is 551. The number of nitriles is 1. The van der Waals surface area contributed by atoms with E-state index in [1.165, 1.54) is 4.90 Å². The van der Waals surface area contributed by atoms with E-state index >= 15 is 0 Å². The lowest BCUT2D eigenvalue weighted by molar-refractivity contribution is -0.122. The molecule has 1 aromatic carbocycles. The molecule has 1 aliphatic heterocycles. The second-order valence-corrected chi connectivity index (χ2v) is 4.82. The van der Waals surface area contributed by atoms with E-state index < -0.39 is 0 Å². The number of imide groups is 1. The lowest BCUT2D eigenvalue weighted by atomic mass is 10.00. The first-order valence-electron chi connectivity index (χ1n) is 6.10. The number of anilines is 1. The van der Waals surface area contributed by atoms with Crippen molar-refractivity contribution in [3.8, 4) is 6.07 Å². The summed E-state index contributed by atoms with van der Waals surface area (Å²) in [6.45, 7) is 0. The highest BCUT2D eigenvalue weighted by Gasteiger charge is 2.50. The maximum absolute atomic E-state index is 12.2. The van der Waals surface area contributed by atoms with Crippen LogP contribution in [0.25, 0.3) is 0 Å². The van der Waals surface area contributed by atoms with Crippen molar-refractivity contribution >= 4 is 17.5 Å². The van der Waals surface area contributed by atoms with Crippen LogP contribution in [0.3, 0.4) is 0 Å². The van der Waals surface area contributed by atoms with Gasteiger partial charge in [-0.1, -0.05) is 12.5 Å². The summed E-state index contributed by atoms with van der Waals surface area (Å²) in [5.41, 5.74) is 0.989. The van der Waals surface area contributed by atoms with Crippen LogP contribution in [0.2, 0.25) is 0 Å². The van der Waals surface area contributed by atoms with Crippen LogP contribution in [0.1, 0.15) is 24.8 Å². The summed E-state index contributed by atoms with van der Waals surface area (Å²) in [4.78, 5) is 25.7. The molecule has 1 saturated carbocycles. The van der Waals surface area contributed by atoms with Gasteiger partial charge in [-0.3, -0.25) is 14.5 Å². The van der Waals surface area contributed by atoms with E-state index in [0.29, 0.717) is 11.3 Å². The molecule has 0 radical (unpaired) electrons. The Labute approximate surface area is 105 Å². The van der Waals surface area contributed by atoms with Crippen LogP contribution in [0, 0.1) is 23.2 Å². The third-order valence-corrected chi connectivity index (χ3v) is 3.82. The summed E-state index contributed by atoms with van der Waals surface area (Å²) in [6.07, 6.45) is 2.58. The average Bonchev–Trinajstić information content (AvgIpc) is 2.95. The molecule has 2 unspecified atom stereocenters. The number of carbonyl (C=O) groups excluding carboxylic acids is 2. The summed E-state index contributed by atoms with van der Waals surface area (Å²) in [6, 6.07) is 8.68. The highest BCUT2D eigenvalue weighted by Crippen LogP contribution is 2.41. The molecule has 1 saturated heterocycles. The van der Waals surface area contributed by atoms with Gasteiger partial charge in [0.05, 0.1) is 29.2 Å². The van der Waals surface area contributed by atoms with Crippen molar-refractivity contribution in [1.82, 2.24) is 0 Å². The predicted octanol–water partition coefficient (Wildman–Crippen LogP) is 1.85. The first-order chi connectivity index (χ1) is 8.72. The Balaban J connectivity index is 2.00. The van der Waals surface area contributed by atoms with Crippen molar-refractivity contribution in [2.75, 3.05) is 4.90 Å². The van der Waals surface area contributed by atoms with E-state index in [4.69, 9.17) is 5.26 Å². The lowest BCUT2D eigenvalue weighted by Gasteiger charge is -2.15. The molecule has 2 aliphatic rings. The minimum atomic E-state index is -0.136. The Morgan fingerprint density at radius 1 is 1.17 bits per heavy atom. The largest absolute Gasteiger partial charge is 0.274 e. The van der Waals surface area contributed by atoms with E-state index in [0.717, 1.165) is 19.3 Å². The van der Waals surface area contributed by atoms with Crippen molar-refractivity contribution in [2.45, 2.75) is 19.3 Å². The van der Waals surface area contributed by atoms with Gasteiger partial charge in [-0.2, -0.15) is 5.26 Å². The Kier molecular flexibility index (Phi) is 2.41. The van der Waals surface area contributed by atoms with Gasteiger partial charge in [0.25, 0.3) is 0 Å². The second kappa shape index (κ2) is 3.95. The van der Waals surface area contributed by atoms with Gasteiger partial charge < -0.3 is 0 Å². The van der Waals surface area contributed by atoms with Gasteiger partial charge in [-0.25, -0.2) is 0 Å². The van der Waals surface area contributed by atoms with Crippen LogP contribution < -0.4 is 4.90 Å². The maximum Gasteiger partial charge on any atom is 0.237 e. The number of rotatable bonds is 1. The van der Waals surface area contributed by atoms with E-state index in [2.05, 4.69) is 0 Å². The van der Waals surface area contributed by atoms with Crippen molar-refractivity contribution < 1.29 is 9.59 Å². The Hall–Kier alpha value is -2.15. The van der Waals surface area contributed by atoms with Crippen molar-refractivity contribution in [1.29, 1.82) is 5.26 Å². The molecule has 3 rings (SSSR count). The fraction of sp³-hybridized carbons (Fsp3) is 0.357. The van der Waals surface area contributed by atoms with Crippen LogP contribution in [0.4, 0.5) is 5.69 Å². The van der Waals surface area contributed by atoms with Crippen molar-refractivity contribution in [3.05, 3.63) is 29.8 Å². The highest BCUT2D eigenvalue weighted by molar-refractivity contribution is 6.22. The van der Waals surface area contributed by atoms with Crippen LogP contribution in [0.5, 0.6) is 0 Å².